The monoisotopic (exact) mass is 218 g/mol. The normalized spacial score (nSPS) is 18.1. The first-order chi connectivity index (χ1) is 7.84. The third kappa shape index (κ3) is 5.13. The first-order valence-electron chi connectivity index (χ1n) is 6.02. The van der Waals surface area contributed by atoms with E-state index in [1.54, 1.807) is 7.11 Å². The maximum absolute atomic E-state index is 5.02. The first-order valence-corrected chi connectivity index (χ1v) is 6.02. The maximum atomic E-state index is 5.02. The van der Waals surface area contributed by atoms with Gasteiger partial charge in [0.1, 0.15) is 0 Å². The van der Waals surface area contributed by atoms with Crippen molar-refractivity contribution in [2.24, 2.45) is 11.8 Å². The summed E-state index contributed by atoms with van der Waals surface area (Å²) in [5, 5.41) is 0. The lowest BCUT2D eigenvalue weighted by Gasteiger charge is -2.12. The van der Waals surface area contributed by atoms with Gasteiger partial charge in [0.2, 0.25) is 0 Å². The molecular formula is C15H22O. The highest BCUT2D eigenvalue weighted by Crippen LogP contribution is 2.18. The van der Waals surface area contributed by atoms with Gasteiger partial charge in [0.15, 0.2) is 0 Å². The van der Waals surface area contributed by atoms with Crippen molar-refractivity contribution in [3.63, 3.8) is 0 Å². The van der Waals surface area contributed by atoms with Crippen molar-refractivity contribution in [2.45, 2.75) is 19.8 Å². The summed E-state index contributed by atoms with van der Waals surface area (Å²) < 4.78 is 5.02. The first kappa shape index (κ1) is 13.0. The summed E-state index contributed by atoms with van der Waals surface area (Å²) in [6.45, 7) is 3.11. The molecule has 1 rings (SSSR count). The van der Waals surface area contributed by atoms with Gasteiger partial charge < -0.3 is 4.74 Å². The fourth-order valence-electron chi connectivity index (χ4n) is 1.71. The molecule has 0 bridgehead atoms. The second kappa shape index (κ2) is 8.12. The van der Waals surface area contributed by atoms with E-state index >= 15 is 0 Å². The number of rotatable bonds is 6. The van der Waals surface area contributed by atoms with E-state index in [9.17, 15) is 0 Å². The smallest absolute Gasteiger partial charge is 0.0465 e. The van der Waals surface area contributed by atoms with Gasteiger partial charge in [-0.2, -0.15) is 0 Å². The van der Waals surface area contributed by atoms with Crippen LogP contribution in [0.1, 0.15) is 19.8 Å². The van der Waals surface area contributed by atoms with Crippen molar-refractivity contribution in [2.75, 3.05) is 13.7 Å². The van der Waals surface area contributed by atoms with Crippen LogP contribution in [-0.2, 0) is 4.74 Å². The molecule has 0 fully saturated rings. The van der Waals surface area contributed by atoms with Crippen LogP contribution < -0.4 is 0 Å². The van der Waals surface area contributed by atoms with Crippen molar-refractivity contribution < 1.29 is 4.74 Å². The van der Waals surface area contributed by atoms with E-state index < -0.39 is 0 Å². The topological polar surface area (TPSA) is 9.23 Å². The third-order valence-electron chi connectivity index (χ3n) is 2.77. The van der Waals surface area contributed by atoms with Crippen LogP contribution in [0.3, 0.4) is 0 Å². The predicted molar refractivity (Wildman–Crippen MR) is 70.3 cm³/mol. The molecule has 88 valence electrons. The average molecular weight is 218 g/mol. The van der Waals surface area contributed by atoms with Crippen LogP contribution in [0.25, 0.3) is 0 Å². The summed E-state index contributed by atoms with van der Waals surface area (Å²) in [5.41, 5.74) is 0. The predicted octanol–water partition coefficient (Wildman–Crippen LogP) is 3.90. The highest BCUT2D eigenvalue weighted by atomic mass is 16.5. The molecule has 1 aliphatic carbocycles. The molecule has 1 nitrogen and oxygen atoms in total. The molecule has 0 saturated carbocycles. The minimum atomic E-state index is 0.522. The van der Waals surface area contributed by atoms with Crippen molar-refractivity contribution in [1.82, 2.24) is 0 Å². The molecular weight excluding hydrogens is 196 g/mol. The highest BCUT2D eigenvalue weighted by Gasteiger charge is 2.07. The summed E-state index contributed by atoms with van der Waals surface area (Å²) in [6, 6.07) is 0. The van der Waals surface area contributed by atoms with E-state index in [0.717, 1.165) is 19.4 Å². The molecule has 0 radical (unpaired) electrons. The number of allylic oxidation sites excluding steroid dienone is 8. The zero-order chi connectivity index (χ0) is 11.6. The molecule has 1 atom stereocenters. The molecule has 16 heavy (non-hydrogen) atoms. The Hall–Kier alpha value is -1.08. The van der Waals surface area contributed by atoms with E-state index in [1.807, 2.05) is 0 Å². The molecule has 0 spiro atoms. The molecule has 0 aromatic carbocycles. The van der Waals surface area contributed by atoms with Gasteiger partial charge in [0, 0.05) is 19.6 Å². The van der Waals surface area contributed by atoms with Gasteiger partial charge in [-0.3, -0.25) is 0 Å². The number of hydrogen-bond acceptors (Lipinski definition) is 1. The molecule has 0 N–H and O–H groups in total. The SMILES string of the molecule is COCCCC=CC(C)C1C=CC=CC=C1. The van der Waals surface area contributed by atoms with Crippen molar-refractivity contribution in [1.29, 1.82) is 0 Å². The van der Waals surface area contributed by atoms with E-state index in [0.29, 0.717) is 11.8 Å². The van der Waals surface area contributed by atoms with Crippen LogP contribution in [0.2, 0.25) is 0 Å². The summed E-state index contributed by atoms with van der Waals surface area (Å²) in [4.78, 5) is 0. The summed E-state index contributed by atoms with van der Waals surface area (Å²) >= 11 is 0. The van der Waals surface area contributed by atoms with E-state index in [-0.39, 0.29) is 0 Å². The van der Waals surface area contributed by atoms with Gasteiger partial charge >= 0.3 is 0 Å². The zero-order valence-corrected chi connectivity index (χ0v) is 10.3. The number of hydrogen-bond donors (Lipinski definition) is 0. The van der Waals surface area contributed by atoms with Crippen LogP contribution in [0.4, 0.5) is 0 Å². The van der Waals surface area contributed by atoms with E-state index in [2.05, 4.69) is 55.5 Å². The summed E-state index contributed by atoms with van der Waals surface area (Å²) in [6.07, 6.45) is 19.7. The van der Waals surface area contributed by atoms with E-state index in [1.165, 1.54) is 0 Å². The second-order valence-electron chi connectivity index (χ2n) is 4.15. The third-order valence-corrected chi connectivity index (χ3v) is 2.77. The summed E-state index contributed by atoms with van der Waals surface area (Å²) in [7, 11) is 1.75. The van der Waals surface area contributed by atoms with Gasteiger partial charge in [0.25, 0.3) is 0 Å². The van der Waals surface area contributed by atoms with Crippen LogP contribution in [0, 0.1) is 11.8 Å². The molecule has 0 heterocycles. The molecule has 1 unspecified atom stereocenters. The minimum Gasteiger partial charge on any atom is -0.385 e. The standard InChI is InChI=1S/C15H22O/c1-14(10-6-5-9-13-16-2)15-11-7-3-4-8-12-15/h3-4,6-8,10-12,14-15H,5,9,13H2,1-2H3. The fourth-order valence-corrected chi connectivity index (χ4v) is 1.71. The minimum absolute atomic E-state index is 0.522. The molecule has 1 aliphatic rings. The van der Waals surface area contributed by atoms with Gasteiger partial charge in [-0.1, -0.05) is 55.5 Å². The van der Waals surface area contributed by atoms with Gasteiger partial charge in [-0.25, -0.2) is 0 Å². The van der Waals surface area contributed by atoms with Crippen LogP contribution in [0.15, 0.2) is 48.6 Å². The Bertz CT molecular complexity index is 268. The Morgan fingerprint density at radius 2 is 1.88 bits per heavy atom. The van der Waals surface area contributed by atoms with Crippen molar-refractivity contribution in [3.05, 3.63) is 48.6 Å². The zero-order valence-electron chi connectivity index (χ0n) is 10.3. The lowest BCUT2D eigenvalue weighted by atomic mass is 9.93. The maximum Gasteiger partial charge on any atom is 0.0465 e. The number of ether oxygens (including phenoxy) is 1. The Kier molecular flexibility index (Phi) is 6.59. The van der Waals surface area contributed by atoms with Gasteiger partial charge in [-0.05, 0) is 18.8 Å². The second-order valence-corrected chi connectivity index (χ2v) is 4.15. The number of unbranched alkanes of at least 4 members (excludes halogenated alkanes) is 1. The Morgan fingerprint density at radius 3 is 2.50 bits per heavy atom. The van der Waals surface area contributed by atoms with Gasteiger partial charge in [0.05, 0.1) is 0 Å². The van der Waals surface area contributed by atoms with Crippen LogP contribution in [0.5, 0.6) is 0 Å². The number of methoxy groups -OCH3 is 1. The Balaban J connectivity index is 2.31. The molecule has 0 aliphatic heterocycles. The van der Waals surface area contributed by atoms with E-state index in [4.69, 9.17) is 4.74 Å². The lowest BCUT2D eigenvalue weighted by molar-refractivity contribution is 0.196. The Labute approximate surface area is 99.2 Å². The average Bonchev–Trinajstić information content (AvgIpc) is 2.57. The van der Waals surface area contributed by atoms with Crippen molar-refractivity contribution >= 4 is 0 Å². The van der Waals surface area contributed by atoms with Crippen LogP contribution in [-0.4, -0.2) is 13.7 Å². The molecule has 0 aromatic heterocycles. The van der Waals surface area contributed by atoms with Gasteiger partial charge in [-0.15, -0.1) is 0 Å². The quantitative estimate of drug-likeness (QED) is 0.485. The highest BCUT2D eigenvalue weighted by molar-refractivity contribution is 5.21. The van der Waals surface area contributed by atoms with Crippen molar-refractivity contribution in [3.8, 4) is 0 Å². The molecule has 0 saturated heterocycles. The lowest BCUT2D eigenvalue weighted by Crippen LogP contribution is -2.03. The molecule has 0 aromatic rings. The molecule has 1 heteroatoms. The fraction of sp³-hybridized carbons (Fsp3) is 0.467. The summed E-state index contributed by atoms with van der Waals surface area (Å²) in [5.74, 6) is 1.09. The molecule has 0 amide bonds. The Morgan fingerprint density at radius 1 is 1.19 bits per heavy atom. The largest absolute Gasteiger partial charge is 0.385 e. The van der Waals surface area contributed by atoms with Crippen LogP contribution >= 0.6 is 0 Å².